The number of hydrogen-bond donors (Lipinski definition) is 1. The van der Waals surface area contributed by atoms with Crippen LogP contribution < -0.4 is 0 Å². The van der Waals surface area contributed by atoms with Crippen LogP contribution in [0, 0.1) is 11.3 Å². The Morgan fingerprint density at radius 1 is 1.39 bits per heavy atom. The molecule has 1 fully saturated rings. The quantitative estimate of drug-likeness (QED) is 0.675. The summed E-state index contributed by atoms with van der Waals surface area (Å²) in [5.74, 6) is 0. The van der Waals surface area contributed by atoms with Crippen molar-refractivity contribution in [1.29, 1.82) is 5.26 Å². The molecule has 0 aromatic carbocycles. The van der Waals surface area contributed by atoms with E-state index in [9.17, 15) is 13.7 Å². The standard InChI is InChI=1S/C18H21N7O2S/c1-3-13(2)28(26,27)24-10-18(11-24,5-6-19)25-9-14(8-23-25)16-15-4-7-20-17(15)22-12-21-16/h4,7-9,12-13H,3,5,10-11H2,1-2H3,(H,20,21,22). The first kappa shape index (κ1) is 18.6. The largest absolute Gasteiger partial charge is 0.346 e. The van der Waals surface area contributed by atoms with E-state index < -0.39 is 20.8 Å². The molecule has 0 spiro atoms. The zero-order valence-corrected chi connectivity index (χ0v) is 16.5. The Balaban J connectivity index is 1.65. The summed E-state index contributed by atoms with van der Waals surface area (Å²) in [6.45, 7) is 4.06. The maximum Gasteiger partial charge on any atom is 0.216 e. The van der Waals surface area contributed by atoms with Crippen molar-refractivity contribution in [3.05, 3.63) is 31.0 Å². The van der Waals surface area contributed by atoms with Crippen molar-refractivity contribution in [2.24, 2.45) is 0 Å². The molecule has 1 atom stereocenters. The van der Waals surface area contributed by atoms with E-state index in [-0.39, 0.29) is 19.5 Å². The first-order valence-corrected chi connectivity index (χ1v) is 10.6. The maximum absolute atomic E-state index is 12.6. The molecule has 3 aromatic heterocycles. The Hall–Kier alpha value is -2.77. The first-order valence-electron chi connectivity index (χ1n) is 9.11. The normalized spacial score (nSPS) is 17.9. The monoisotopic (exact) mass is 399 g/mol. The average molecular weight is 399 g/mol. The van der Waals surface area contributed by atoms with E-state index in [1.165, 1.54) is 10.6 Å². The number of nitrogens with zero attached hydrogens (tertiary/aromatic N) is 6. The van der Waals surface area contributed by atoms with Crippen molar-refractivity contribution in [3.8, 4) is 17.3 Å². The maximum atomic E-state index is 12.6. The van der Waals surface area contributed by atoms with Gasteiger partial charge in [0.05, 0.1) is 29.6 Å². The topological polar surface area (TPSA) is 121 Å². The lowest BCUT2D eigenvalue weighted by molar-refractivity contribution is 0.0709. The number of H-pyrrole nitrogens is 1. The van der Waals surface area contributed by atoms with Crippen LogP contribution in [0.1, 0.15) is 26.7 Å². The van der Waals surface area contributed by atoms with Crippen LogP contribution in [0.25, 0.3) is 22.3 Å². The fraction of sp³-hybridized carbons (Fsp3) is 0.444. The lowest BCUT2D eigenvalue weighted by atomic mass is 9.89. The minimum Gasteiger partial charge on any atom is -0.346 e. The van der Waals surface area contributed by atoms with Crippen molar-refractivity contribution in [2.75, 3.05) is 13.1 Å². The zero-order chi connectivity index (χ0) is 19.9. The van der Waals surface area contributed by atoms with E-state index >= 15 is 0 Å². The van der Waals surface area contributed by atoms with Gasteiger partial charge in [-0.3, -0.25) is 4.68 Å². The highest BCUT2D eigenvalue weighted by Gasteiger charge is 2.51. The van der Waals surface area contributed by atoms with Crippen LogP contribution in [0.3, 0.4) is 0 Å². The van der Waals surface area contributed by atoms with E-state index in [4.69, 9.17) is 0 Å². The molecule has 1 saturated heterocycles. The Kier molecular flexibility index (Phi) is 4.44. The highest BCUT2D eigenvalue weighted by atomic mass is 32.2. The molecule has 0 aliphatic carbocycles. The lowest BCUT2D eigenvalue weighted by Gasteiger charge is -2.48. The fourth-order valence-electron chi connectivity index (χ4n) is 3.55. The SMILES string of the molecule is CCC(C)S(=O)(=O)N1CC(CC#N)(n2cc(-c3ncnc4[nH]ccc34)cn2)C1. The van der Waals surface area contributed by atoms with E-state index in [1.807, 2.05) is 19.2 Å². The number of aromatic nitrogens is 5. The first-order chi connectivity index (χ1) is 13.4. The fourth-order valence-corrected chi connectivity index (χ4v) is 5.32. The molecule has 0 radical (unpaired) electrons. The minimum atomic E-state index is -3.36. The summed E-state index contributed by atoms with van der Waals surface area (Å²) < 4.78 is 28.4. The van der Waals surface area contributed by atoms with Gasteiger partial charge in [0.1, 0.15) is 17.5 Å². The van der Waals surface area contributed by atoms with Crippen molar-refractivity contribution >= 4 is 21.1 Å². The van der Waals surface area contributed by atoms with Gasteiger partial charge in [-0.1, -0.05) is 6.92 Å². The third-order valence-electron chi connectivity index (χ3n) is 5.49. The van der Waals surface area contributed by atoms with Crippen molar-refractivity contribution in [2.45, 2.75) is 37.5 Å². The van der Waals surface area contributed by atoms with Crippen LogP contribution in [0.15, 0.2) is 31.0 Å². The summed E-state index contributed by atoms with van der Waals surface area (Å²) in [4.78, 5) is 11.6. The molecule has 4 heterocycles. The van der Waals surface area contributed by atoms with Gasteiger partial charge in [0.25, 0.3) is 0 Å². The molecule has 3 aromatic rings. The van der Waals surface area contributed by atoms with Crippen molar-refractivity contribution in [1.82, 2.24) is 29.0 Å². The Labute approximate surface area is 163 Å². The van der Waals surface area contributed by atoms with Crippen molar-refractivity contribution < 1.29 is 8.42 Å². The summed E-state index contributed by atoms with van der Waals surface area (Å²) in [6, 6.07) is 4.09. The third kappa shape index (κ3) is 2.78. The molecule has 1 N–H and O–H groups in total. The average Bonchev–Trinajstić information content (AvgIpc) is 3.32. The van der Waals surface area contributed by atoms with Crippen molar-refractivity contribution in [3.63, 3.8) is 0 Å². The molecule has 28 heavy (non-hydrogen) atoms. The predicted molar refractivity (Wildman–Crippen MR) is 104 cm³/mol. The number of sulfonamides is 1. The van der Waals surface area contributed by atoms with Crippen LogP contribution >= 0.6 is 0 Å². The molecule has 146 valence electrons. The van der Waals surface area contributed by atoms with E-state index in [2.05, 4.69) is 26.1 Å². The molecule has 0 bridgehead atoms. The van der Waals surface area contributed by atoms with Crippen LogP contribution in [0.5, 0.6) is 0 Å². The van der Waals surface area contributed by atoms with Crippen LogP contribution in [0.4, 0.5) is 0 Å². The van der Waals surface area contributed by atoms with Gasteiger partial charge in [0.2, 0.25) is 10.0 Å². The molecule has 1 aliphatic heterocycles. The summed E-state index contributed by atoms with van der Waals surface area (Å²) in [5.41, 5.74) is 1.62. The summed E-state index contributed by atoms with van der Waals surface area (Å²) in [6.07, 6.45) is 7.55. The number of aromatic amines is 1. The number of nitrogens with one attached hydrogen (secondary N) is 1. The van der Waals surface area contributed by atoms with Crippen LogP contribution in [-0.4, -0.2) is 55.8 Å². The van der Waals surface area contributed by atoms with Gasteiger partial charge in [-0.05, 0) is 19.4 Å². The van der Waals surface area contributed by atoms with E-state index in [1.54, 1.807) is 24.0 Å². The highest BCUT2D eigenvalue weighted by Crippen LogP contribution is 2.36. The summed E-state index contributed by atoms with van der Waals surface area (Å²) in [5, 5.41) is 14.2. The van der Waals surface area contributed by atoms with Crippen LogP contribution in [-0.2, 0) is 15.6 Å². The number of nitriles is 1. The Morgan fingerprint density at radius 3 is 2.89 bits per heavy atom. The van der Waals surface area contributed by atoms with Gasteiger partial charge in [-0.15, -0.1) is 0 Å². The Morgan fingerprint density at radius 2 is 2.18 bits per heavy atom. The smallest absolute Gasteiger partial charge is 0.216 e. The molecule has 4 rings (SSSR count). The van der Waals surface area contributed by atoms with Gasteiger partial charge in [-0.25, -0.2) is 18.4 Å². The minimum absolute atomic E-state index is 0.185. The van der Waals surface area contributed by atoms with Gasteiger partial charge < -0.3 is 4.98 Å². The second-order valence-electron chi connectivity index (χ2n) is 7.23. The Bertz CT molecular complexity index is 1150. The van der Waals surface area contributed by atoms with Gasteiger partial charge >= 0.3 is 0 Å². The number of rotatable bonds is 6. The summed E-state index contributed by atoms with van der Waals surface area (Å²) >= 11 is 0. The molecule has 9 nitrogen and oxygen atoms in total. The predicted octanol–water partition coefficient (Wildman–Crippen LogP) is 1.87. The van der Waals surface area contributed by atoms with Gasteiger partial charge in [0.15, 0.2) is 0 Å². The van der Waals surface area contributed by atoms with E-state index in [0.717, 1.165) is 22.3 Å². The van der Waals surface area contributed by atoms with Gasteiger partial charge in [-0.2, -0.15) is 14.7 Å². The molecule has 1 unspecified atom stereocenters. The number of hydrogen-bond acceptors (Lipinski definition) is 6. The lowest BCUT2D eigenvalue weighted by Crippen LogP contribution is -2.65. The second kappa shape index (κ2) is 6.68. The molecular weight excluding hydrogens is 378 g/mol. The molecular formula is C18H21N7O2S. The molecule has 0 amide bonds. The molecule has 10 heteroatoms. The molecule has 0 saturated carbocycles. The number of fused-ring (bicyclic) bond motifs is 1. The second-order valence-corrected chi connectivity index (χ2v) is 9.58. The molecule has 1 aliphatic rings. The summed E-state index contributed by atoms with van der Waals surface area (Å²) in [7, 11) is -3.36. The van der Waals surface area contributed by atoms with Crippen LogP contribution in [0.2, 0.25) is 0 Å². The highest BCUT2D eigenvalue weighted by molar-refractivity contribution is 7.89. The third-order valence-corrected chi connectivity index (χ3v) is 7.82. The zero-order valence-electron chi connectivity index (χ0n) is 15.7. The van der Waals surface area contributed by atoms with Gasteiger partial charge in [0, 0.05) is 36.4 Å². The van der Waals surface area contributed by atoms with E-state index in [0.29, 0.717) is 6.42 Å².